The summed E-state index contributed by atoms with van der Waals surface area (Å²) in [6.45, 7) is 2.03. The predicted octanol–water partition coefficient (Wildman–Crippen LogP) is 2.89. The minimum absolute atomic E-state index is 0.0181. The van der Waals surface area contributed by atoms with Crippen molar-refractivity contribution in [3.63, 3.8) is 0 Å². The number of aryl methyl sites for hydroxylation is 1. The molecule has 0 saturated heterocycles. The van der Waals surface area contributed by atoms with Crippen molar-refractivity contribution >= 4 is 38.9 Å². The number of carboxylic acid groups (broad SMARTS) is 1. The summed E-state index contributed by atoms with van der Waals surface area (Å²) in [6.07, 6.45) is 0. The van der Waals surface area contributed by atoms with Gasteiger partial charge in [0.05, 0.1) is 10.6 Å². The van der Waals surface area contributed by atoms with Crippen molar-refractivity contribution in [3.8, 4) is 0 Å². The van der Waals surface area contributed by atoms with Crippen LogP contribution in [-0.4, -0.2) is 19.5 Å². The summed E-state index contributed by atoms with van der Waals surface area (Å²) in [4.78, 5) is 11.6. The number of hydrogen-bond acceptors (Lipinski definition) is 4. The highest BCUT2D eigenvalue weighted by Gasteiger charge is 2.20. The molecule has 0 atom stereocenters. The minimum Gasteiger partial charge on any atom is -0.478 e. The lowest BCUT2D eigenvalue weighted by Gasteiger charge is -2.09. The molecule has 0 amide bonds. The van der Waals surface area contributed by atoms with Gasteiger partial charge in [-0.25, -0.2) is 17.9 Å². The molecule has 1 aromatic heterocycles. The van der Waals surface area contributed by atoms with Gasteiger partial charge in [0, 0.05) is 11.4 Å². The van der Waals surface area contributed by atoms with E-state index < -0.39 is 16.0 Å². The summed E-state index contributed by atoms with van der Waals surface area (Å²) >= 11 is 7.31. The molecule has 0 spiro atoms. The summed E-state index contributed by atoms with van der Waals surface area (Å²) in [7, 11) is -3.88. The van der Waals surface area contributed by atoms with Gasteiger partial charge in [-0.2, -0.15) is 0 Å². The largest absolute Gasteiger partial charge is 0.478 e. The monoisotopic (exact) mass is 345 g/mol. The average Bonchev–Trinajstić information content (AvgIpc) is 2.82. The Kier molecular flexibility index (Phi) is 4.67. The van der Waals surface area contributed by atoms with Gasteiger partial charge in [0.15, 0.2) is 0 Å². The first-order chi connectivity index (χ1) is 9.81. The van der Waals surface area contributed by atoms with Crippen molar-refractivity contribution in [2.24, 2.45) is 0 Å². The maximum atomic E-state index is 12.3. The van der Waals surface area contributed by atoms with Crippen molar-refractivity contribution in [1.82, 2.24) is 4.72 Å². The van der Waals surface area contributed by atoms with E-state index in [1.807, 2.05) is 18.4 Å². The van der Waals surface area contributed by atoms with Crippen molar-refractivity contribution in [3.05, 3.63) is 50.7 Å². The molecule has 0 radical (unpaired) electrons. The quantitative estimate of drug-likeness (QED) is 0.872. The van der Waals surface area contributed by atoms with Gasteiger partial charge in [-0.1, -0.05) is 11.6 Å². The molecule has 0 aliphatic heterocycles. The highest BCUT2D eigenvalue weighted by atomic mass is 35.5. The summed E-state index contributed by atoms with van der Waals surface area (Å²) in [6, 6.07) is 5.46. The lowest BCUT2D eigenvalue weighted by molar-refractivity contribution is 0.0696. The number of carboxylic acids is 1. The fourth-order valence-corrected chi connectivity index (χ4v) is 4.12. The maximum Gasteiger partial charge on any atom is 0.335 e. The molecule has 1 aromatic carbocycles. The normalized spacial score (nSPS) is 11.5. The Labute approximate surface area is 131 Å². The topological polar surface area (TPSA) is 83.5 Å². The highest BCUT2D eigenvalue weighted by molar-refractivity contribution is 7.89. The van der Waals surface area contributed by atoms with Gasteiger partial charge in [0.1, 0.15) is 4.90 Å². The number of rotatable bonds is 5. The zero-order valence-electron chi connectivity index (χ0n) is 11.0. The zero-order chi connectivity index (χ0) is 15.6. The predicted molar refractivity (Wildman–Crippen MR) is 81.5 cm³/mol. The van der Waals surface area contributed by atoms with Crippen molar-refractivity contribution in [2.75, 3.05) is 0 Å². The Hall–Kier alpha value is -1.41. The Bertz CT molecular complexity index is 783. The second kappa shape index (κ2) is 6.15. The first-order valence-corrected chi connectivity index (χ1v) is 8.61. The molecular formula is C13H12ClNO4S2. The van der Waals surface area contributed by atoms with Gasteiger partial charge in [-0.15, -0.1) is 11.3 Å². The fraction of sp³-hybridized carbons (Fsp3) is 0.154. The van der Waals surface area contributed by atoms with Crippen LogP contribution in [0.15, 0.2) is 34.5 Å². The van der Waals surface area contributed by atoms with Crippen LogP contribution < -0.4 is 4.72 Å². The molecule has 1 heterocycles. The lowest BCUT2D eigenvalue weighted by Crippen LogP contribution is -2.23. The van der Waals surface area contributed by atoms with Crippen molar-refractivity contribution < 1.29 is 18.3 Å². The number of hydrogen-bond donors (Lipinski definition) is 2. The third kappa shape index (κ3) is 3.62. The van der Waals surface area contributed by atoms with E-state index in [1.54, 1.807) is 0 Å². The van der Waals surface area contributed by atoms with Gasteiger partial charge in [0.25, 0.3) is 0 Å². The van der Waals surface area contributed by atoms with Crippen LogP contribution in [0.5, 0.6) is 0 Å². The van der Waals surface area contributed by atoms with Crippen LogP contribution >= 0.6 is 22.9 Å². The van der Waals surface area contributed by atoms with Gasteiger partial charge >= 0.3 is 5.97 Å². The van der Waals surface area contributed by atoms with E-state index in [0.29, 0.717) is 0 Å². The van der Waals surface area contributed by atoms with E-state index in [2.05, 4.69) is 4.72 Å². The van der Waals surface area contributed by atoms with Gasteiger partial charge < -0.3 is 5.11 Å². The SMILES string of the molecule is Cc1ccsc1CNS(=O)(=O)c1cc(C(=O)O)ccc1Cl. The van der Waals surface area contributed by atoms with Crippen molar-refractivity contribution in [1.29, 1.82) is 0 Å². The molecule has 0 bridgehead atoms. The van der Waals surface area contributed by atoms with E-state index in [9.17, 15) is 13.2 Å². The molecule has 5 nitrogen and oxygen atoms in total. The van der Waals surface area contributed by atoms with Crippen LogP contribution in [0.2, 0.25) is 5.02 Å². The number of aromatic carboxylic acids is 1. The Balaban J connectivity index is 2.29. The number of thiophene rings is 1. The standard InChI is InChI=1S/C13H12ClNO4S2/c1-8-4-5-20-11(8)7-15-21(18,19)12-6-9(13(16)17)2-3-10(12)14/h2-6,15H,7H2,1H3,(H,16,17). The average molecular weight is 346 g/mol. The molecule has 112 valence electrons. The zero-order valence-corrected chi connectivity index (χ0v) is 13.3. The number of nitrogens with one attached hydrogen (secondary N) is 1. The minimum atomic E-state index is -3.88. The van der Waals surface area contributed by atoms with Crippen LogP contribution in [-0.2, 0) is 16.6 Å². The third-order valence-corrected chi connectivity index (χ3v) is 5.76. The van der Waals surface area contributed by atoms with E-state index >= 15 is 0 Å². The molecule has 0 aliphatic carbocycles. The third-order valence-electron chi connectivity index (χ3n) is 2.86. The Morgan fingerprint density at radius 1 is 1.38 bits per heavy atom. The summed E-state index contributed by atoms with van der Waals surface area (Å²) in [5.74, 6) is -1.21. The molecule has 2 N–H and O–H groups in total. The lowest BCUT2D eigenvalue weighted by atomic mass is 10.2. The maximum absolute atomic E-state index is 12.3. The van der Waals surface area contributed by atoms with Gasteiger partial charge in [-0.05, 0) is 42.1 Å². The number of carbonyl (C=O) groups is 1. The smallest absolute Gasteiger partial charge is 0.335 e. The van der Waals surface area contributed by atoms with Crippen LogP contribution in [0.1, 0.15) is 20.8 Å². The molecule has 0 saturated carbocycles. The van der Waals surface area contributed by atoms with E-state index in [4.69, 9.17) is 16.7 Å². The van der Waals surface area contributed by atoms with E-state index in [1.165, 1.54) is 23.5 Å². The first-order valence-electron chi connectivity index (χ1n) is 5.87. The molecule has 2 rings (SSSR count). The molecule has 2 aromatic rings. The fourth-order valence-electron chi connectivity index (χ4n) is 1.67. The van der Waals surface area contributed by atoms with Gasteiger partial charge in [0.2, 0.25) is 10.0 Å². The molecule has 0 unspecified atom stereocenters. The van der Waals surface area contributed by atoms with E-state index in [-0.39, 0.29) is 22.0 Å². The van der Waals surface area contributed by atoms with Crippen LogP contribution in [0.3, 0.4) is 0 Å². The number of benzene rings is 1. The molecule has 21 heavy (non-hydrogen) atoms. The summed E-state index contributed by atoms with van der Waals surface area (Å²) in [5, 5.41) is 10.8. The number of sulfonamides is 1. The Morgan fingerprint density at radius 3 is 2.67 bits per heavy atom. The summed E-state index contributed by atoms with van der Waals surface area (Å²) < 4.78 is 26.9. The highest BCUT2D eigenvalue weighted by Crippen LogP contribution is 2.23. The molecular weight excluding hydrogens is 334 g/mol. The number of halogens is 1. The van der Waals surface area contributed by atoms with E-state index in [0.717, 1.165) is 16.5 Å². The second-order valence-corrected chi connectivity index (χ2v) is 7.44. The first kappa shape index (κ1) is 16.0. The summed E-state index contributed by atoms with van der Waals surface area (Å²) in [5.41, 5.74) is 0.861. The van der Waals surface area contributed by atoms with Crippen LogP contribution in [0, 0.1) is 6.92 Å². The van der Waals surface area contributed by atoms with Crippen LogP contribution in [0.25, 0.3) is 0 Å². The van der Waals surface area contributed by atoms with Crippen molar-refractivity contribution in [2.45, 2.75) is 18.4 Å². The Morgan fingerprint density at radius 2 is 2.10 bits per heavy atom. The molecule has 0 fully saturated rings. The molecule has 8 heteroatoms. The molecule has 0 aliphatic rings. The second-order valence-electron chi connectivity index (χ2n) is 4.30. The van der Waals surface area contributed by atoms with Crippen LogP contribution in [0.4, 0.5) is 0 Å². The van der Waals surface area contributed by atoms with Gasteiger partial charge in [-0.3, -0.25) is 0 Å².